The molecule has 1 aliphatic rings. The number of carbonyl (C=O) groups excluding carboxylic acids is 2. The van der Waals surface area contributed by atoms with Crippen molar-refractivity contribution in [3.63, 3.8) is 0 Å². The Hall–Kier alpha value is -2.62. The van der Waals surface area contributed by atoms with Crippen LogP contribution in [0.3, 0.4) is 0 Å². The zero-order valence-electron chi connectivity index (χ0n) is 15.7. The van der Waals surface area contributed by atoms with Gasteiger partial charge in [-0.05, 0) is 42.5 Å². The molecule has 1 atom stereocenters. The van der Waals surface area contributed by atoms with E-state index in [1.807, 2.05) is 42.2 Å². The lowest BCUT2D eigenvalue weighted by Gasteiger charge is -2.23. The summed E-state index contributed by atoms with van der Waals surface area (Å²) in [6, 6.07) is 13.9. The molecule has 1 N–H and O–H groups in total. The molecule has 2 aromatic carbocycles. The first-order chi connectivity index (χ1) is 12.5. The van der Waals surface area contributed by atoms with E-state index in [1.54, 1.807) is 0 Å². The number of carbonyl (C=O) groups is 2. The summed E-state index contributed by atoms with van der Waals surface area (Å²) in [5.41, 5.74) is 5.17. The number of hydrogen-bond acceptors (Lipinski definition) is 2. The molecule has 1 unspecified atom stereocenters. The van der Waals surface area contributed by atoms with E-state index in [2.05, 4.69) is 31.3 Å². The van der Waals surface area contributed by atoms with Crippen LogP contribution in [0.1, 0.15) is 37.0 Å². The quantitative estimate of drug-likeness (QED) is 0.882. The van der Waals surface area contributed by atoms with Crippen molar-refractivity contribution in [1.29, 1.82) is 0 Å². The Kier molecular flexibility index (Phi) is 5.40. The highest BCUT2D eigenvalue weighted by Gasteiger charge is 2.36. The highest BCUT2D eigenvalue weighted by molar-refractivity contribution is 6.04. The molecule has 4 heteroatoms. The molecule has 2 aromatic rings. The molecule has 1 heterocycles. The van der Waals surface area contributed by atoms with Crippen molar-refractivity contribution in [2.24, 2.45) is 5.92 Å². The van der Waals surface area contributed by atoms with Crippen LogP contribution >= 0.6 is 0 Å². The van der Waals surface area contributed by atoms with E-state index in [1.165, 1.54) is 0 Å². The normalized spacial score (nSPS) is 16.8. The molecule has 0 aromatic heterocycles. The second kappa shape index (κ2) is 7.73. The van der Waals surface area contributed by atoms with Crippen LogP contribution in [0.25, 0.3) is 0 Å². The lowest BCUT2D eigenvalue weighted by Crippen LogP contribution is -2.29. The van der Waals surface area contributed by atoms with Gasteiger partial charge < -0.3 is 10.2 Å². The van der Waals surface area contributed by atoms with Crippen molar-refractivity contribution < 1.29 is 9.59 Å². The fraction of sp³-hybridized carbons (Fsp3) is 0.364. The predicted molar refractivity (Wildman–Crippen MR) is 105 cm³/mol. The fourth-order valence-corrected chi connectivity index (χ4v) is 3.61. The summed E-state index contributed by atoms with van der Waals surface area (Å²) in [6.07, 6.45) is 2.00. The highest BCUT2D eigenvalue weighted by atomic mass is 16.2. The van der Waals surface area contributed by atoms with Gasteiger partial charge in [0.1, 0.15) is 0 Å². The Labute approximate surface area is 155 Å². The van der Waals surface area contributed by atoms with Crippen molar-refractivity contribution in [2.75, 3.05) is 16.8 Å². The summed E-state index contributed by atoms with van der Waals surface area (Å²) >= 11 is 0. The molecular formula is C22H26N2O2. The number of hydrogen-bond donors (Lipinski definition) is 1. The Balaban J connectivity index is 1.81. The van der Waals surface area contributed by atoms with E-state index in [4.69, 9.17) is 0 Å². The zero-order valence-corrected chi connectivity index (χ0v) is 15.7. The standard InChI is InChI=1S/C22H26N2O2/c1-4-16-10-8-11-17(5-2)21(16)24-14-18(13-20(24)25)22(26)23-19-12-7-6-9-15(19)3/h6-12,18H,4-5,13-14H2,1-3H3,(H,23,26). The molecule has 0 radical (unpaired) electrons. The first-order valence-corrected chi connectivity index (χ1v) is 9.32. The molecule has 3 rings (SSSR count). The Bertz CT molecular complexity index is 806. The van der Waals surface area contributed by atoms with Crippen molar-refractivity contribution in [1.82, 2.24) is 0 Å². The van der Waals surface area contributed by atoms with Gasteiger partial charge in [-0.1, -0.05) is 50.2 Å². The van der Waals surface area contributed by atoms with E-state index in [0.717, 1.165) is 40.9 Å². The number of amides is 2. The number of nitrogens with zero attached hydrogens (tertiary/aromatic N) is 1. The Morgan fingerprint density at radius 1 is 1.08 bits per heavy atom. The third-order valence-electron chi connectivity index (χ3n) is 5.13. The second-order valence-electron chi connectivity index (χ2n) is 6.84. The minimum absolute atomic E-state index is 0.0329. The van der Waals surface area contributed by atoms with Crippen LogP contribution in [-0.2, 0) is 22.4 Å². The lowest BCUT2D eigenvalue weighted by molar-refractivity contribution is -0.122. The van der Waals surface area contributed by atoms with Gasteiger partial charge >= 0.3 is 0 Å². The number of benzene rings is 2. The topological polar surface area (TPSA) is 49.4 Å². The van der Waals surface area contributed by atoms with Crippen molar-refractivity contribution in [3.05, 3.63) is 59.2 Å². The van der Waals surface area contributed by atoms with Gasteiger partial charge in [0.25, 0.3) is 0 Å². The maximum atomic E-state index is 12.7. The average molecular weight is 350 g/mol. The molecule has 0 saturated carbocycles. The van der Waals surface area contributed by atoms with Crippen LogP contribution < -0.4 is 10.2 Å². The van der Waals surface area contributed by atoms with E-state index in [9.17, 15) is 9.59 Å². The van der Waals surface area contributed by atoms with Crippen molar-refractivity contribution in [2.45, 2.75) is 40.0 Å². The molecular weight excluding hydrogens is 324 g/mol. The van der Waals surface area contributed by atoms with E-state index in [-0.39, 0.29) is 24.2 Å². The maximum Gasteiger partial charge on any atom is 0.229 e. The highest BCUT2D eigenvalue weighted by Crippen LogP contribution is 2.33. The summed E-state index contributed by atoms with van der Waals surface area (Å²) in [5.74, 6) is -0.371. The number of aryl methyl sites for hydroxylation is 3. The van der Waals surface area contributed by atoms with Gasteiger partial charge in [-0.2, -0.15) is 0 Å². The molecule has 0 aliphatic carbocycles. The average Bonchev–Trinajstić information content (AvgIpc) is 3.04. The van der Waals surface area contributed by atoms with Gasteiger partial charge in [0.2, 0.25) is 11.8 Å². The van der Waals surface area contributed by atoms with E-state index < -0.39 is 0 Å². The molecule has 0 spiro atoms. The van der Waals surface area contributed by atoms with Gasteiger partial charge in [-0.3, -0.25) is 9.59 Å². The third kappa shape index (κ3) is 3.50. The maximum absolute atomic E-state index is 12.7. The van der Waals surface area contributed by atoms with Gasteiger partial charge in [0.05, 0.1) is 5.92 Å². The van der Waals surface area contributed by atoms with Gasteiger partial charge in [-0.15, -0.1) is 0 Å². The largest absolute Gasteiger partial charge is 0.326 e. The molecule has 1 saturated heterocycles. The lowest BCUT2D eigenvalue weighted by atomic mass is 10.0. The summed E-state index contributed by atoms with van der Waals surface area (Å²) in [5, 5.41) is 2.98. The van der Waals surface area contributed by atoms with E-state index in [0.29, 0.717) is 6.54 Å². The van der Waals surface area contributed by atoms with Crippen LogP contribution in [-0.4, -0.2) is 18.4 Å². The van der Waals surface area contributed by atoms with Crippen molar-refractivity contribution in [3.8, 4) is 0 Å². The number of rotatable bonds is 5. The summed E-state index contributed by atoms with van der Waals surface area (Å²) in [4.78, 5) is 27.2. The summed E-state index contributed by atoms with van der Waals surface area (Å²) < 4.78 is 0. The minimum atomic E-state index is -0.322. The Morgan fingerprint density at radius 2 is 1.73 bits per heavy atom. The first-order valence-electron chi connectivity index (χ1n) is 9.32. The number of anilines is 2. The van der Waals surface area contributed by atoms with Gasteiger partial charge in [0, 0.05) is 24.3 Å². The van der Waals surface area contributed by atoms with Crippen LogP contribution in [0.2, 0.25) is 0 Å². The molecule has 0 bridgehead atoms. The fourth-order valence-electron chi connectivity index (χ4n) is 3.61. The minimum Gasteiger partial charge on any atom is -0.326 e. The van der Waals surface area contributed by atoms with Crippen LogP contribution in [0.15, 0.2) is 42.5 Å². The first kappa shape index (κ1) is 18.2. The number of para-hydroxylation sites is 2. The molecule has 1 fully saturated rings. The molecule has 4 nitrogen and oxygen atoms in total. The van der Waals surface area contributed by atoms with Gasteiger partial charge in [0.15, 0.2) is 0 Å². The molecule has 26 heavy (non-hydrogen) atoms. The van der Waals surface area contributed by atoms with E-state index >= 15 is 0 Å². The summed E-state index contributed by atoms with van der Waals surface area (Å²) in [6.45, 7) is 6.61. The second-order valence-corrected chi connectivity index (χ2v) is 6.84. The molecule has 2 amide bonds. The van der Waals surface area contributed by atoms with Gasteiger partial charge in [-0.25, -0.2) is 0 Å². The molecule has 1 aliphatic heterocycles. The number of nitrogens with one attached hydrogen (secondary N) is 1. The van der Waals surface area contributed by atoms with Crippen LogP contribution in [0, 0.1) is 12.8 Å². The monoisotopic (exact) mass is 350 g/mol. The SMILES string of the molecule is CCc1cccc(CC)c1N1CC(C(=O)Nc2ccccc2C)CC1=O. The smallest absolute Gasteiger partial charge is 0.229 e. The van der Waals surface area contributed by atoms with Crippen LogP contribution in [0.5, 0.6) is 0 Å². The Morgan fingerprint density at radius 3 is 2.35 bits per heavy atom. The predicted octanol–water partition coefficient (Wildman–Crippen LogP) is 4.11. The van der Waals surface area contributed by atoms with Crippen molar-refractivity contribution >= 4 is 23.2 Å². The third-order valence-corrected chi connectivity index (χ3v) is 5.13. The summed E-state index contributed by atoms with van der Waals surface area (Å²) in [7, 11) is 0. The zero-order chi connectivity index (χ0) is 18.7. The van der Waals surface area contributed by atoms with Crippen LogP contribution in [0.4, 0.5) is 11.4 Å². The molecule has 136 valence electrons.